The number of aromatic nitrogens is 4. The van der Waals surface area contributed by atoms with Crippen molar-refractivity contribution in [2.45, 2.75) is 33.2 Å². The summed E-state index contributed by atoms with van der Waals surface area (Å²) in [5.74, 6) is 0.114. The standard InChI is InChI=1S/C19H32N6O5/c1-5-29-11-7-9-20-14(26)13-25-15-16(23(3)19(28)24(4)17(15)27)22-18(25)21-10-8-12-30-6-2/h5-13H2,1-4H3,(H,20,26)(H,21,22). The number of rotatable bonds is 13. The molecule has 0 aliphatic heterocycles. The van der Waals surface area contributed by atoms with Gasteiger partial charge in [0.05, 0.1) is 0 Å². The number of ether oxygens (including phenoxy) is 2. The van der Waals surface area contributed by atoms with Gasteiger partial charge >= 0.3 is 5.69 Å². The van der Waals surface area contributed by atoms with E-state index in [1.807, 2.05) is 13.8 Å². The van der Waals surface area contributed by atoms with Crippen LogP contribution in [0.3, 0.4) is 0 Å². The largest absolute Gasteiger partial charge is 0.382 e. The van der Waals surface area contributed by atoms with Crippen molar-refractivity contribution in [3.05, 3.63) is 20.8 Å². The predicted octanol–water partition coefficient (Wildman–Crippen LogP) is -0.185. The van der Waals surface area contributed by atoms with Gasteiger partial charge in [-0.25, -0.2) is 4.79 Å². The highest BCUT2D eigenvalue weighted by Gasteiger charge is 2.20. The lowest BCUT2D eigenvalue weighted by Gasteiger charge is -2.11. The number of carbonyl (C=O) groups is 1. The number of carbonyl (C=O) groups excluding carboxylic acids is 1. The molecule has 0 saturated heterocycles. The summed E-state index contributed by atoms with van der Waals surface area (Å²) < 4.78 is 14.4. The van der Waals surface area contributed by atoms with Crippen molar-refractivity contribution in [1.29, 1.82) is 0 Å². The van der Waals surface area contributed by atoms with Crippen molar-refractivity contribution < 1.29 is 14.3 Å². The zero-order valence-electron chi connectivity index (χ0n) is 18.2. The van der Waals surface area contributed by atoms with Crippen LogP contribution in [0.25, 0.3) is 11.2 Å². The summed E-state index contributed by atoms with van der Waals surface area (Å²) in [6, 6.07) is 0. The molecule has 0 spiro atoms. The first-order valence-electron chi connectivity index (χ1n) is 10.2. The molecule has 0 saturated carbocycles. The molecule has 11 heteroatoms. The molecule has 0 aliphatic rings. The van der Waals surface area contributed by atoms with Gasteiger partial charge in [0.1, 0.15) is 6.54 Å². The number of nitrogens with zero attached hydrogens (tertiary/aromatic N) is 4. The summed E-state index contributed by atoms with van der Waals surface area (Å²) in [7, 11) is 2.96. The fraction of sp³-hybridized carbons (Fsp3) is 0.684. The number of imidazole rings is 1. The molecule has 2 aromatic heterocycles. The van der Waals surface area contributed by atoms with Crippen molar-refractivity contribution in [2.24, 2.45) is 14.1 Å². The van der Waals surface area contributed by atoms with Gasteiger partial charge in [-0.3, -0.25) is 23.3 Å². The maximum atomic E-state index is 12.8. The number of hydrogen-bond acceptors (Lipinski definition) is 7. The van der Waals surface area contributed by atoms with Gasteiger partial charge in [0.25, 0.3) is 5.56 Å². The Hall–Kier alpha value is -2.66. The van der Waals surface area contributed by atoms with Gasteiger partial charge in [0.2, 0.25) is 11.9 Å². The highest BCUT2D eigenvalue weighted by Crippen LogP contribution is 2.15. The second-order valence-electron chi connectivity index (χ2n) is 6.78. The molecule has 2 N–H and O–H groups in total. The zero-order chi connectivity index (χ0) is 22.1. The van der Waals surface area contributed by atoms with Crippen molar-refractivity contribution in [3.63, 3.8) is 0 Å². The summed E-state index contributed by atoms with van der Waals surface area (Å²) >= 11 is 0. The van der Waals surface area contributed by atoms with E-state index in [0.717, 1.165) is 11.0 Å². The normalized spacial score (nSPS) is 11.2. The second kappa shape index (κ2) is 11.5. The summed E-state index contributed by atoms with van der Waals surface area (Å²) in [5.41, 5.74) is -0.525. The van der Waals surface area contributed by atoms with E-state index in [1.165, 1.54) is 16.2 Å². The fourth-order valence-corrected chi connectivity index (χ4v) is 3.00. The lowest BCUT2D eigenvalue weighted by Crippen LogP contribution is -2.38. The van der Waals surface area contributed by atoms with E-state index >= 15 is 0 Å². The summed E-state index contributed by atoms with van der Waals surface area (Å²) in [6.45, 7) is 7.20. The fourth-order valence-electron chi connectivity index (χ4n) is 3.00. The first kappa shape index (κ1) is 23.6. The number of amides is 1. The zero-order valence-corrected chi connectivity index (χ0v) is 18.2. The van der Waals surface area contributed by atoms with Crippen LogP contribution in [0.15, 0.2) is 9.59 Å². The molecule has 0 fully saturated rings. The highest BCUT2D eigenvalue weighted by molar-refractivity contribution is 5.81. The molecule has 0 radical (unpaired) electrons. The van der Waals surface area contributed by atoms with Crippen LogP contribution in [0.4, 0.5) is 5.95 Å². The van der Waals surface area contributed by atoms with Crippen molar-refractivity contribution in [2.75, 3.05) is 44.8 Å². The van der Waals surface area contributed by atoms with Gasteiger partial charge in [-0.1, -0.05) is 0 Å². The van der Waals surface area contributed by atoms with E-state index < -0.39 is 11.2 Å². The molecule has 0 unspecified atom stereocenters. The third-order valence-corrected chi connectivity index (χ3v) is 4.59. The summed E-state index contributed by atoms with van der Waals surface area (Å²) in [5, 5.41) is 5.98. The summed E-state index contributed by atoms with van der Waals surface area (Å²) in [6.07, 6.45) is 1.43. The Morgan fingerprint density at radius 3 is 2.27 bits per heavy atom. The molecule has 2 aromatic rings. The molecular weight excluding hydrogens is 392 g/mol. The van der Waals surface area contributed by atoms with Crippen LogP contribution in [-0.4, -0.2) is 64.1 Å². The molecule has 1 amide bonds. The van der Waals surface area contributed by atoms with Gasteiger partial charge in [-0.05, 0) is 26.7 Å². The number of anilines is 1. The smallest absolute Gasteiger partial charge is 0.332 e. The van der Waals surface area contributed by atoms with Gasteiger partial charge < -0.3 is 20.1 Å². The monoisotopic (exact) mass is 424 g/mol. The Bertz CT molecular complexity index is 961. The quantitative estimate of drug-likeness (QED) is 0.428. The lowest BCUT2D eigenvalue weighted by molar-refractivity contribution is -0.121. The molecule has 30 heavy (non-hydrogen) atoms. The Balaban J connectivity index is 2.26. The van der Waals surface area contributed by atoms with Crippen LogP contribution in [0.2, 0.25) is 0 Å². The average molecular weight is 425 g/mol. The third kappa shape index (κ3) is 5.70. The van der Waals surface area contributed by atoms with Crippen LogP contribution in [-0.2, 0) is 34.9 Å². The van der Waals surface area contributed by atoms with Crippen molar-refractivity contribution >= 4 is 23.0 Å². The Labute approximate surface area is 175 Å². The molecule has 2 rings (SSSR count). The van der Waals surface area contributed by atoms with Gasteiger partial charge in [0, 0.05) is 53.6 Å². The molecule has 11 nitrogen and oxygen atoms in total. The van der Waals surface area contributed by atoms with Crippen LogP contribution in [0.5, 0.6) is 0 Å². The Morgan fingerprint density at radius 2 is 1.63 bits per heavy atom. The molecule has 0 aliphatic carbocycles. The van der Waals surface area contributed by atoms with Crippen molar-refractivity contribution in [1.82, 2.24) is 24.0 Å². The van der Waals surface area contributed by atoms with Crippen molar-refractivity contribution in [3.8, 4) is 0 Å². The summed E-state index contributed by atoms with van der Waals surface area (Å²) in [4.78, 5) is 41.9. The first-order valence-corrected chi connectivity index (χ1v) is 10.2. The first-order chi connectivity index (χ1) is 14.4. The average Bonchev–Trinajstić information content (AvgIpc) is 3.08. The SMILES string of the molecule is CCOCCCNC(=O)Cn1c(NCCCOCC)nc2c1c(=O)n(C)c(=O)n2C. The number of hydrogen-bond donors (Lipinski definition) is 2. The van der Waals surface area contributed by atoms with Gasteiger partial charge in [-0.2, -0.15) is 4.98 Å². The van der Waals surface area contributed by atoms with Crippen LogP contribution < -0.4 is 21.9 Å². The second-order valence-corrected chi connectivity index (χ2v) is 6.78. The third-order valence-electron chi connectivity index (χ3n) is 4.59. The van der Waals surface area contributed by atoms with Gasteiger partial charge in [-0.15, -0.1) is 0 Å². The Morgan fingerprint density at radius 1 is 1.00 bits per heavy atom. The minimum Gasteiger partial charge on any atom is -0.382 e. The minimum atomic E-state index is -0.493. The molecular formula is C19H32N6O5. The maximum Gasteiger partial charge on any atom is 0.332 e. The molecule has 168 valence electrons. The topological polar surface area (TPSA) is 121 Å². The number of nitrogens with one attached hydrogen (secondary N) is 2. The van der Waals surface area contributed by atoms with E-state index in [2.05, 4.69) is 15.6 Å². The van der Waals surface area contributed by atoms with Crippen LogP contribution in [0.1, 0.15) is 26.7 Å². The Kier molecular flexibility index (Phi) is 9.06. The number of aryl methyl sites for hydroxylation is 1. The minimum absolute atomic E-state index is 0.0909. The predicted molar refractivity (Wildman–Crippen MR) is 114 cm³/mol. The highest BCUT2D eigenvalue weighted by atomic mass is 16.5. The molecule has 0 bridgehead atoms. The van der Waals surface area contributed by atoms with E-state index in [1.54, 1.807) is 7.05 Å². The van der Waals surface area contributed by atoms with E-state index in [4.69, 9.17) is 9.47 Å². The van der Waals surface area contributed by atoms with Gasteiger partial charge in [0.15, 0.2) is 11.2 Å². The lowest BCUT2D eigenvalue weighted by atomic mass is 10.4. The molecule has 2 heterocycles. The maximum absolute atomic E-state index is 12.8. The molecule has 0 atom stereocenters. The van der Waals surface area contributed by atoms with E-state index in [0.29, 0.717) is 51.9 Å². The van der Waals surface area contributed by atoms with Crippen LogP contribution in [0, 0.1) is 0 Å². The molecule has 0 aromatic carbocycles. The van der Waals surface area contributed by atoms with E-state index in [9.17, 15) is 14.4 Å². The van der Waals surface area contributed by atoms with E-state index in [-0.39, 0.29) is 23.6 Å². The number of fused-ring (bicyclic) bond motifs is 1. The van der Waals surface area contributed by atoms with Crippen LogP contribution >= 0.6 is 0 Å².